The first kappa shape index (κ1) is 21.4. The zero-order valence-electron chi connectivity index (χ0n) is 16.7. The number of hydrogen-bond acceptors (Lipinski definition) is 6. The first-order chi connectivity index (χ1) is 14.3. The van der Waals surface area contributed by atoms with Crippen LogP contribution in [0.5, 0.6) is 11.5 Å². The fourth-order valence-corrected chi connectivity index (χ4v) is 3.60. The molecule has 0 saturated heterocycles. The Bertz CT molecular complexity index is 1110. The summed E-state index contributed by atoms with van der Waals surface area (Å²) < 4.78 is 40.7. The number of ether oxygens (including phenoxy) is 2. The molecule has 0 saturated carbocycles. The van der Waals surface area contributed by atoms with E-state index in [1.807, 2.05) is 44.2 Å². The van der Waals surface area contributed by atoms with Gasteiger partial charge in [0.25, 0.3) is 0 Å². The molecule has 0 aliphatic carbocycles. The summed E-state index contributed by atoms with van der Waals surface area (Å²) in [7, 11) is -3.96. The quantitative estimate of drug-likeness (QED) is 0.303. The van der Waals surface area contributed by atoms with Gasteiger partial charge in [-0.3, -0.25) is 0 Å². The van der Waals surface area contributed by atoms with Gasteiger partial charge in [-0.25, -0.2) is 4.79 Å². The predicted octanol–water partition coefficient (Wildman–Crippen LogP) is 4.31. The van der Waals surface area contributed by atoms with Crippen LogP contribution in [0.25, 0.3) is 0 Å². The maximum atomic E-state index is 12.4. The van der Waals surface area contributed by atoms with Crippen LogP contribution in [-0.2, 0) is 14.9 Å². The van der Waals surface area contributed by atoms with Crippen LogP contribution in [0, 0.1) is 13.8 Å². The minimum Gasteiger partial charge on any atom is -0.490 e. The summed E-state index contributed by atoms with van der Waals surface area (Å²) in [6.45, 7) is 4.05. The highest BCUT2D eigenvalue weighted by Crippen LogP contribution is 2.21. The second-order valence-corrected chi connectivity index (χ2v) is 8.15. The Balaban J connectivity index is 1.54. The van der Waals surface area contributed by atoms with Crippen molar-refractivity contribution in [2.45, 2.75) is 18.7 Å². The molecule has 156 valence electrons. The lowest BCUT2D eigenvalue weighted by Crippen LogP contribution is -2.13. The van der Waals surface area contributed by atoms with E-state index >= 15 is 0 Å². The van der Waals surface area contributed by atoms with E-state index in [9.17, 15) is 13.2 Å². The van der Waals surface area contributed by atoms with Gasteiger partial charge in [0.15, 0.2) is 0 Å². The third-order valence-electron chi connectivity index (χ3n) is 4.39. The molecule has 30 heavy (non-hydrogen) atoms. The summed E-state index contributed by atoms with van der Waals surface area (Å²) in [6.07, 6.45) is 0. The summed E-state index contributed by atoms with van der Waals surface area (Å²) in [4.78, 5) is 12.2. The molecule has 0 aromatic heterocycles. The standard InChI is InChI=1S/C23H22O6S/c1-17-8-13-22(16-18(17)2)30(25,26)29-21-11-9-19(10-12-21)23(24)28-15-14-27-20-6-4-3-5-7-20/h3-13,16H,14-15H2,1-2H3. The third kappa shape index (κ3) is 5.61. The second kappa shape index (κ2) is 9.45. The summed E-state index contributed by atoms with van der Waals surface area (Å²) >= 11 is 0. The number of carbonyl (C=O) groups excluding carboxylic acids is 1. The summed E-state index contributed by atoms with van der Waals surface area (Å²) in [5.41, 5.74) is 2.13. The van der Waals surface area contributed by atoms with E-state index in [0.29, 0.717) is 5.75 Å². The van der Waals surface area contributed by atoms with E-state index in [4.69, 9.17) is 13.7 Å². The van der Waals surface area contributed by atoms with E-state index in [0.717, 1.165) is 11.1 Å². The maximum Gasteiger partial charge on any atom is 0.339 e. The lowest BCUT2D eigenvalue weighted by Gasteiger charge is -2.10. The average molecular weight is 426 g/mol. The van der Waals surface area contributed by atoms with Crippen molar-refractivity contribution in [3.05, 3.63) is 89.5 Å². The third-order valence-corrected chi connectivity index (χ3v) is 5.63. The van der Waals surface area contributed by atoms with Gasteiger partial charge in [-0.2, -0.15) is 8.42 Å². The van der Waals surface area contributed by atoms with Crippen molar-refractivity contribution in [1.82, 2.24) is 0 Å². The van der Waals surface area contributed by atoms with E-state index < -0.39 is 16.1 Å². The van der Waals surface area contributed by atoms with Gasteiger partial charge in [0.05, 0.1) is 5.56 Å². The highest BCUT2D eigenvalue weighted by molar-refractivity contribution is 7.87. The van der Waals surface area contributed by atoms with Crippen LogP contribution in [0.15, 0.2) is 77.7 Å². The lowest BCUT2D eigenvalue weighted by atomic mass is 10.1. The molecule has 0 aliphatic rings. The Morgan fingerprint density at radius 2 is 1.50 bits per heavy atom. The Morgan fingerprint density at radius 1 is 0.800 bits per heavy atom. The van der Waals surface area contributed by atoms with Gasteiger partial charge in [0.1, 0.15) is 29.6 Å². The van der Waals surface area contributed by atoms with Crippen LogP contribution in [0.4, 0.5) is 0 Å². The normalized spacial score (nSPS) is 11.0. The molecular formula is C23H22O6S. The number of carbonyl (C=O) groups is 1. The molecule has 7 heteroatoms. The van der Waals surface area contributed by atoms with Crippen LogP contribution in [0.2, 0.25) is 0 Å². The Labute approximate surface area is 176 Å². The molecule has 0 bridgehead atoms. The van der Waals surface area contributed by atoms with Crippen molar-refractivity contribution < 1.29 is 26.9 Å². The predicted molar refractivity (Wildman–Crippen MR) is 112 cm³/mol. The van der Waals surface area contributed by atoms with Crippen LogP contribution >= 0.6 is 0 Å². The number of benzene rings is 3. The van der Waals surface area contributed by atoms with Gasteiger partial charge < -0.3 is 13.7 Å². The number of rotatable bonds is 8. The van der Waals surface area contributed by atoms with E-state index in [1.165, 1.54) is 30.3 Å². The number of aryl methyl sites for hydroxylation is 2. The van der Waals surface area contributed by atoms with Crippen molar-refractivity contribution in [3.8, 4) is 11.5 Å². The molecule has 0 atom stereocenters. The fraction of sp³-hybridized carbons (Fsp3) is 0.174. The fourth-order valence-electron chi connectivity index (χ4n) is 2.58. The first-order valence-corrected chi connectivity index (χ1v) is 10.7. The van der Waals surface area contributed by atoms with E-state index in [-0.39, 0.29) is 29.4 Å². The highest BCUT2D eigenvalue weighted by Gasteiger charge is 2.18. The summed E-state index contributed by atoms with van der Waals surface area (Å²) in [5, 5.41) is 0. The second-order valence-electron chi connectivity index (χ2n) is 6.61. The van der Waals surface area contributed by atoms with Crippen molar-refractivity contribution in [2.24, 2.45) is 0 Å². The molecule has 3 rings (SSSR count). The SMILES string of the molecule is Cc1ccc(S(=O)(=O)Oc2ccc(C(=O)OCCOc3ccccc3)cc2)cc1C. The van der Waals surface area contributed by atoms with Crippen LogP contribution in [0.3, 0.4) is 0 Å². The molecule has 0 fully saturated rings. The molecule has 0 spiro atoms. The molecule has 0 radical (unpaired) electrons. The van der Waals surface area contributed by atoms with Gasteiger partial charge >= 0.3 is 16.1 Å². The molecular weight excluding hydrogens is 404 g/mol. The molecule has 0 amide bonds. The van der Waals surface area contributed by atoms with Crippen LogP contribution in [0.1, 0.15) is 21.5 Å². The number of esters is 1. The number of hydrogen-bond donors (Lipinski definition) is 0. The first-order valence-electron chi connectivity index (χ1n) is 9.32. The van der Waals surface area contributed by atoms with Crippen molar-refractivity contribution in [1.29, 1.82) is 0 Å². The van der Waals surface area contributed by atoms with E-state index in [2.05, 4.69) is 0 Å². The van der Waals surface area contributed by atoms with Gasteiger partial charge in [-0.1, -0.05) is 24.3 Å². The van der Waals surface area contributed by atoms with Crippen LogP contribution < -0.4 is 8.92 Å². The Kier molecular flexibility index (Phi) is 6.74. The minimum atomic E-state index is -3.96. The topological polar surface area (TPSA) is 78.9 Å². The Hall–Kier alpha value is -3.32. The van der Waals surface area contributed by atoms with Gasteiger partial charge in [0, 0.05) is 0 Å². The smallest absolute Gasteiger partial charge is 0.339 e. The molecule has 0 heterocycles. The van der Waals surface area contributed by atoms with Gasteiger partial charge in [-0.15, -0.1) is 0 Å². The maximum absolute atomic E-state index is 12.4. The van der Waals surface area contributed by atoms with Gasteiger partial charge in [0.2, 0.25) is 0 Å². The lowest BCUT2D eigenvalue weighted by molar-refractivity contribution is 0.0450. The molecule has 0 aliphatic heterocycles. The zero-order valence-corrected chi connectivity index (χ0v) is 17.5. The van der Waals surface area contributed by atoms with E-state index in [1.54, 1.807) is 12.1 Å². The van der Waals surface area contributed by atoms with Crippen LogP contribution in [-0.4, -0.2) is 27.6 Å². The van der Waals surface area contributed by atoms with Crippen molar-refractivity contribution in [2.75, 3.05) is 13.2 Å². The van der Waals surface area contributed by atoms with Crippen molar-refractivity contribution >= 4 is 16.1 Å². The zero-order chi connectivity index (χ0) is 21.6. The summed E-state index contributed by atoms with van der Waals surface area (Å²) in [6, 6.07) is 19.7. The minimum absolute atomic E-state index is 0.0764. The Morgan fingerprint density at radius 3 is 2.17 bits per heavy atom. The summed E-state index contributed by atoms with van der Waals surface area (Å²) in [5.74, 6) is 0.271. The highest BCUT2D eigenvalue weighted by atomic mass is 32.2. The molecule has 6 nitrogen and oxygen atoms in total. The molecule has 3 aromatic rings. The van der Waals surface area contributed by atoms with Crippen molar-refractivity contribution in [3.63, 3.8) is 0 Å². The average Bonchev–Trinajstić information content (AvgIpc) is 2.74. The monoisotopic (exact) mass is 426 g/mol. The largest absolute Gasteiger partial charge is 0.490 e. The number of para-hydroxylation sites is 1. The van der Waals surface area contributed by atoms with Gasteiger partial charge in [-0.05, 0) is 73.5 Å². The molecule has 3 aromatic carbocycles. The molecule has 0 N–H and O–H groups in total. The molecule has 0 unspecified atom stereocenters.